The van der Waals surface area contributed by atoms with E-state index >= 15 is 0 Å². The number of aryl methyl sites for hydroxylation is 2. The van der Waals surface area contributed by atoms with Gasteiger partial charge >= 0.3 is 6.03 Å². The summed E-state index contributed by atoms with van der Waals surface area (Å²) in [6.45, 7) is 3.28. The summed E-state index contributed by atoms with van der Waals surface area (Å²) in [6.07, 6.45) is 0. The van der Waals surface area contributed by atoms with E-state index in [4.69, 9.17) is 0 Å². The number of phenols is 2. The quantitative estimate of drug-likeness (QED) is 0.0760. The fourth-order valence-corrected chi connectivity index (χ4v) is 7.35. The highest BCUT2D eigenvalue weighted by atomic mass is 32.2. The molecule has 0 bridgehead atoms. The molecule has 6 rings (SSSR count). The van der Waals surface area contributed by atoms with Crippen LogP contribution in [0.5, 0.6) is 11.5 Å². The molecule has 0 aliphatic carbocycles. The topological polar surface area (TPSA) is 249 Å². The van der Waals surface area contributed by atoms with Crippen molar-refractivity contribution in [3.63, 3.8) is 0 Å². The summed E-state index contributed by atoms with van der Waals surface area (Å²) in [5, 5.41) is 31.0. The van der Waals surface area contributed by atoms with Crippen LogP contribution in [0.25, 0.3) is 21.5 Å². The highest BCUT2D eigenvalue weighted by Crippen LogP contribution is 2.37. The molecule has 276 valence electrons. The number of anilines is 4. The van der Waals surface area contributed by atoms with E-state index in [1.807, 2.05) is 0 Å². The van der Waals surface area contributed by atoms with Gasteiger partial charge in [0.05, 0.1) is 11.4 Å². The maximum Gasteiger partial charge on any atom is 0.323 e. The van der Waals surface area contributed by atoms with E-state index in [0.29, 0.717) is 11.1 Å². The molecule has 17 heteroatoms. The molecule has 0 aliphatic rings. The molecular formula is C37H30N4O11S2. The fraction of sp³-hybridized carbons (Fsp3) is 0.0541. The second-order valence-electron chi connectivity index (χ2n) is 12.1. The number of hydrogen-bond donors (Lipinski definition) is 8. The van der Waals surface area contributed by atoms with Crippen LogP contribution in [0.1, 0.15) is 31.8 Å². The second-order valence-corrected chi connectivity index (χ2v) is 14.9. The second kappa shape index (κ2) is 14.1. The highest BCUT2D eigenvalue weighted by molar-refractivity contribution is 7.86. The first-order chi connectivity index (χ1) is 25.4. The van der Waals surface area contributed by atoms with E-state index in [-0.39, 0.29) is 66.9 Å². The predicted octanol–water partition coefficient (Wildman–Crippen LogP) is 6.66. The number of carbonyl (C=O) groups excluding carboxylic acids is 3. The molecule has 0 fully saturated rings. The van der Waals surface area contributed by atoms with Crippen molar-refractivity contribution in [3.05, 3.63) is 119 Å². The summed E-state index contributed by atoms with van der Waals surface area (Å²) < 4.78 is 68.0. The average Bonchev–Trinajstić information content (AvgIpc) is 3.09. The van der Waals surface area contributed by atoms with Crippen LogP contribution in [0.4, 0.5) is 27.5 Å². The first-order valence-electron chi connectivity index (χ1n) is 15.8. The molecule has 0 aromatic heterocycles. The molecule has 15 nitrogen and oxygen atoms in total. The van der Waals surface area contributed by atoms with Crippen molar-refractivity contribution >= 4 is 82.4 Å². The molecular weight excluding hydrogens is 741 g/mol. The van der Waals surface area contributed by atoms with E-state index < -0.39 is 47.9 Å². The van der Waals surface area contributed by atoms with Crippen LogP contribution in [-0.2, 0) is 20.2 Å². The first kappa shape index (κ1) is 37.2. The van der Waals surface area contributed by atoms with Crippen molar-refractivity contribution in [2.24, 2.45) is 0 Å². The minimum atomic E-state index is -4.74. The molecule has 0 aliphatic heterocycles. The van der Waals surface area contributed by atoms with Gasteiger partial charge in [0.25, 0.3) is 32.1 Å². The lowest BCUT2D eigenvalue weighted by molar-refractivity contribution is 0.101. The van der Waals surface area contributed by atoms with E-state index in [0.717, 1.165) is 24.3 Å². The standard InChI is InChI=1S/C37H30N4O11S2/c1-19-9-11-21(17-25(19)35(44)40-27-7-3-5-23-29(42)13-15-31(33(23)27)53(47,48)49)38-37(46)39-22-12-10-20(2)26(18-22)36(45)41-28-8-4-6-24-30(43)14-16-32(34(24)28)54(50,51)52/h3-18,42-43H,1-2H3,(H,40,44)(H,41,45)(H2,38,39,46)(H,47,48,49)(H,50,51,52). The molecule has 6 aromatic rings. The molecule has 0 radical (unpaired) electrons. The van der Waals surface area contributed by atoms with Crippen molar-refractivity contribution in [2.75, 3.05) is 21.3 Å². The van der Waals surface area contributed by atoms with Crippen LogP contribution >= 0.6 is 0 Å². The van der Waals surface area contributed by atoms with Crippen LogP contribution in [0.2, 0.25) is 0 Å². The molecule has 0 saturated heterocycles. The third kappa shape index (κ3) is 7.50. The summed E-state index contributed by atoms with van der Waals surface area (Å²) in [5.41, 5.74) is 1.57. The van der Waals surface area contributed by atoms with Crippen LogP contribution < -0.4 is 21.3 Å². The summed E-state index contributed by atoms with van der Waals surface area (Å²) in [6, 6.07) is 21.1. The van der Waals surface area contributed by atoms with Gasteiger partial charge in [0.1, 0.15) is 21.3 Å². The zero-order chi connectivity index (χ0) is 39.1. The van der Waals surface area contributed by atoms with Crippen LogP contribution in [0, 0.1) is 13.8 Å². The number of fused-ring (bicyclic) bond motifs is 2. The Morgan fingerprint density at radius 1 is 0.519 bits per heavy atom. The molecule has 4 amide bonds. The van der Waals surface area contributed by atoms with Gasteiger partial charge in [-0.15, -0.1) is 0 Å². The number of hydrogen-bond acceptors (Lipinski definition) is 9. The Morgan fingerprint density at radius 3 is 1.28 bits per heavy atom. The molecule has 8 N–H and O–H groups in total. The number of carbonyl (C=O) groups is 3. The van der Waals surface area contributed by atoms with E-state index in [1.165, 1.54) is 60.7 Å². The van der Waals surface area contributed by atoms with Gasteiger partial charge in [-0.3, -0.25) is 18.7 Å². The minimum Gasteiger partial charge on any atom is -0.507 e. The molecule has 0 spiro atoms. The number of phenolic OH excluding ortho intramolecular Hbond substituents is 2. The Hall–Kier alpha value is -6.53. The maximum atomic E-state index is 13.5. The summed E-state index contributed by atoms with van der Waals surface area (Å²) in [7, 11) is -9.48. The SMILES string of the molecule is Cc1ccc(NC(=O)Nc2ccc(C)c(C(=O)Nc3cccc4c(O)ccc(S(=O)(=O)O)c34)c2)cc1C(=O)Nc1cccc2c(O)ccc(S(=O)(=O)O)c12. The average molecular weight is 771 g/mol. The van der Waals surface area contributed by atoms with E-state index in [9.17, 15) is 50.5 Å². The summed E-state index contributed by atoms with van der Waals surface area (Å²) in [4.78, 5) is 39.0. The Bertz CT molecular complexity index is 2600. The number of nitrogens with one attached hydrogen (secondary N) is 4. The summed E-state index contributed by atoms with van der Waals surface area (Å²) in [5.74, 6) is -1.92. The number of urea groups is 1. The van der Waals surface area contributed by atoms with Gasteiger partial charge in [-0.1, -0.05) is 36.4 Å². The molecule has 54 heavy (non-hydrogen) atoms. The lowest BCUT2D eigenvalue weighted by Crippen LogP contribution is -2.21. The van der Waals surface area contributed by atoms with E-state index in [1.54, 1.807) is 26.0 Å². The molecule has 0 atom stereocenters. The van der Waals surface area contributed by atoms with Crippen molar-refractivity contribution in [1.29, 1.82) is 0 Å². The summed E-state index contributed by atoms with van der Waals surface area (Å²) >= 11 is 0. The Labute approximate surface area is 307 Å². The maximum absolute atomic E-state index is 13.5. The van der Waals surface area contributed by atoms with Crippen molar-refractivity contribution in [1.82, 2.24) is 0 Å². The van der Waals surface area contributed by atoms with Gasteiger partial charge in [0.15, 0.2) is 0 Å². The first-order valence-corrected chi connectivity index (χ1v) is 18.7. The predicted molar refractivity (Wildman–Crippen MR) is 202 cm³/mol. The molecule has 0 heterocycles. The number of amides is 4. The Kier molecular flexibility index (Phi) is 9.74. The number of benzene rings is 6. The van der Waals surface area contributed by atoms with Crippen LogP contribution in [0.15, 0.2) is 107 Å². The van der Waals surface area contributed by atoms with Gasteiger partial charge < -0.3 is 31.5 Å². The third-order valence-corrected chi connectivity index (χ3v) is 10.3. The molecule has 0 saturated carbocycles. The zero-order valence-corrected chi connectivity index (χ0v) is 29.8. The van der Waals surface area contributed by atoms with Crippen molar-refractivity contribution in [2.45, 2.75) is 23.6 Å². The molecule has 0 unspecified atom stereocenters. The van der Waals surface area contributed by atoms with Gasteiger partial charge in [-0.2, -0.15) is 16.8 Å². The Balaban J connectivity index is 1.21. The number of rotatable bonds is 8. The van der Waals surface area contributed by atoms with E-state index in [2.05, 4.69) is 21.3 Å². The number of aromatic hydroxyl groups is 2. The molecule has 6 aromatic carbocycles. The zero-order valence-electron chi connectivity index (χ0n) is 28.2. The third-order valence-electron chi connectivity index (χ3n) is 8.49. The smallest absolute Gasteiger partial charge is 0.323 e. The van der Waals surface area contributed by atoms with Gasteiger partial charge in [-0.05, 0) is 85.6 Å². The van der Waals surface area contributed by atoms with Crippen LogP contribution in [-0.4, -0.2) is 54.0 Å². The van der Waals surface area contributed by atoms with Gasteiger partial charge in [0.2, 0.25) is 0 Å². The van der Waals surface area contributed by atoms with Gasteiger partial charge in [-0.25, -0.2) is 4.79 Å². The monoisotopic (exact) mass is 770 g/mol. The minimum absolute atomic E-state index is 0.00629. The highest BCUT2D eigenvalue weighted by Gasteiger charge is 2.23. The lowest BCUT2D eigenvalue weighted by atomic mass is 10.0. The van der Waals surface area contributed by atoms with Crippen molar-refractivity contribution < 1.29 is 50.5 Å². The largest absolute Gasteiger partial charge is 0.507 e. The normalized spacial score (nSPS) is 11.6. The fourth-order valence-electron chi connectivity index (χ4n) is 5.92. The van der Waals surface area contributed by atoms with Crippen LogP contribution in [0.3, 0.4) is 0 Å². The lowest BCUT2D eigenvalue weighted by Gasteiger charge is -2.15. The Morgan fingerprint density at radius 2 is 0.907 bits per heavy atom. The van der Waals surface area contributed by atoms with Crippen molar-refractivity contribution in [3.8, 4) is 11.5 Å². The van der Waals surface area contributed by atoms with Gasteiger partial charge in [0, 0.05) is 44.0 Å².